The van der Waals surface area contributed by atoms with Crippen molar-refractivity contribution >= 4 is 54.4 Å². The molecule has 0 saturated carbocycles. The zero-order valence-corrected chi connectivity index (χ0v) is 15.2. The molecule has 3 heterocycles. The summed E-state index contributed by atoms with van der Waals surface area (Å²) >= 11 is 6.95. The number of aromatic nitrogens is 2. The number of nitrogens with zero attached hydrogens (tertiary/aromatic N) is 2. The Hall–Kier alpha value is -1.66. The van der Waals surface area contributed by atoms with Crippen LogP contribution in [0.5, 0.6) is 0 Å². The molecule has 1 aromatic carbocycles. The van der Waals surface area contributed by atoms with E-state index >= 15 is 0 Å². The summed E-state index contributed by atoms with van der Waals surface area (Å²) in [6.45, 7) is 0.691. The Bertz CT molecular complexity index is 988. The molecule has 0 unspecified atom stereocenters. The van der Waals surface area contributed by atoms with Crippen molar-refractivity contribution < 1.29 is 4.42 Å². The molecule has 3 aromatic rings. The summed E-state index contributed by atoms with van der Waals surface area (Å²) in [5.74, 6) is 1.51. The average molecular weight is 436 g/mol. The molecule has 0 amide bonds. The van der Waals surface area contributed by atoms with E-state index in [0.29, 0.717) is 17.4 Å². The van der Waals surface area contributed by atoms with Gasteiger partial charge in [0.1, 0.15) is 11.6 Å². The molecule has 0 atom stereocenters. The molecule has 1 aliphatic heterocycles. The van der Waals surface area contributed by atoms with Crippen LogP contribution in [0.3, 0.4) is 0 Å². The number of hydrogen-bond donors (Lipinski definition) is 0. The third-order valence-corrected chi connectivity index (χ3v) is 5.01. The molecule has 0 radical (unpaired) electrons. The number of fused-ring (bicyclic) bond motifs is 2. The van der Waals surface area contributed by atoms with Crippen molar-refractivity contribution in [2.24, 2.45) is 0 Å². The first-order valence-corrected chi connectivity index (χ1v) is 8.86. The second kappa shape index (κ2) is 5.76. The number of halogens is 2. The molecule has 0 bridgehead atoms. The molecule has 4 rings (SSSR count). The lowest BCUT2D eigenvalue weighted by molar-refractivity contribution is 0.555. The Labute approximate surface area is 149 Å². The lowest BCUT2D eigenvalue weighted by Gasteiger charge is -2.21. The second-order valence-electron chi connectivity index (χ2n) is 5.46. The molecule has 4 nitrogen and oxygen atoms in total. The smallest absolute Gasteiger partial charge is 0.261 e. The first-order chi connectivity index (χ1) is 11.1. The lowest BCUT2D eigenvalue weighted by Crippen LogP contribution is -2.28. The molecule has 0 fully saturated rings. The summed E-state index contributed by atoms with van der Waals surface area (Å²) in [6.07, 6.45) is 5.41. The van der Waals surface area contributed by atoms with E-state index in [-0.39, 0.29) is 5.56 Å². The van der Waals surface area contributed by atoms with E-state index in [1.807, 2.05) is 30.3 Å². The van der Waals surface area contributed by atoms with Gasteiger partial charge in [0.05, 0.1) is 17.2 Å². The molecular weight excluding hydrogens is 424 g/mol. The number of furan rings is 1. The zero-order chi connectivity index (χ0) is 16.0. The van der Waals surface area contributed by atoms with Gasteiger partial charge in [-0.3, -0.25) is 9.36 Å². The summed E-state index contributed by atoms with van der Waals surface area (Å²) < 4.78 is 8.83. The maximum absolute atomic E-state index is 12.9. The van der Waals surface area contributed by atoms with Gasteiger partial charge in [-0.1, -0.05) is 15.9 Å². The Morgan fingerprint density at radius 2 is 2.17 bits per heavy atom. The molecule has 1 aliphatic rings. The van der Waals surface area contributed by atoms with Gasteiger partial charge in [-0.2, -0.15) is 0 Å². The number of hydrogen-bond acceptors (Lipinski definition) is 3. The van der Waals surface area contributed by atoms with Gasteiger partial charge in [-0.15, -0.1) is 0 Å². The zero-order valence-electron chi connectivity index (χ0n) is 12.1. The quantitative estimate of drug-likeness (QED) is 0.548. The predicted molar refractivity (Wildman–Crippen MR) is 97.2 cm³/mol. The summed E-state index contributed by atoms with van der Waals surface area (Å²) in [6, 6.07) is 7.49. The van der Waals surface area contributed by atoms with Crippen LogP contribution in [-0.4, -0.2) is 9.55 Å². The normalized spacial score (nSPS) is 16.0. The van der Waals surface area contributed by atoms with Crippen LogP contribution in [0.25, 0.3) is 22.6 Å². The molecule has 0 spiro atoms. The number of allylic oxidation sites excluding steroid dienone is 1. The fourth-order valence-corrected chi connectivity index (χ4v) is 4.24. The minimum absolute atomic E-state index is 0.00274. The second-order valence-corrected chi connectivity index (χ2v) is 7.23. The summed E-state index contributed by atoms with van der Waals surface area (Å²) in [5.41, 5.74) is 1.72. The highest BCUT2D eigenvalue weighted by molar-refractivity contribution is 9.11. The molecular formula is C17H12Br2N2O2. The van der Waals surface area contributed by atoms with Crippen molar-refractivity contribution in [1.29, 1.82) is 0 Å². The third kappa shape index (κ3) is 2.60. The molecule has 0 saturated heterocycles. The van der Waals surface area contributed by atoms with Crippen molar-refractivity contribution in [2.75, 3.05) is 0 Å². The Morgan fingerprint density at radius 3 is 2.96 bits per heavy atom. The fraction of sp³-hybridized carbons (Fsp3) is 0.176. The minimum atomic E-state index is -0.00274. The standard InChI is InChI=1S/C17H12Br2N2O2/c18-11-8-13-15(14(19)9-11)20-16-10(7-12-4-2-6-23-12)3-1-5-21(16)17(13)22/h2,4,6-9H,1,3,5H2/b10-7+. The van der Waals surface area contributed by atoms with E-state index in [1.54, 1.807) is 10.8 Å². The van der Waals surface area contributed by atoms with Crippen LogP contribution in [0, 0.1) is 0 Å². The minimum Gasteiger partial charge on any atom is -0.465 e. The van der Waals surface area contributed by atoms with Gasteiger partial charge in [-0.25, -0.2) is 4.98 Å². The summed E-state index contributed by atoms with van der Waals surface area (Å²) in [7, 11) is 0. The number of benzene rings is 1. The fourth-order valence-electron chi connectivity index (χ4n) is 2.92. The third-order valence-electron chi connectivity index (χ3n) is 3.95. The monoisotopic (exact) mass is 434 g/mol. The largest absolute Gasteiger partial charge is 0.465 e. The highest BCUT2D eigenvalue weighted by Crippen LogP contribution is 2.30. The van der Waals surface area contributed by atoms with Crippen LogP contribution < -0.4 is 5.56 Å². The Balaban J connectivity index is 2.01. The average Bonchev–Trinajstić information content (AvgIpc) is 3.02. The van der Waals surface area contributed by atoms with Crippen molar-refractivity contribution in [2.45, 2.75) is 19.4 Å². The van der Waals surface area contributed by atoms with Gasteiger partial charge in [0.25, 0.3) is 5.56 Å². The molecule has 0 aliphatic carbocycles. The highest BCUT2D eigenvalue weighted by atomic mass is 79.9. The van der Waals surface area contributed by atoms with E-state index < -0.39 is 0 Å². The van der Waals surface area contributed by atoms with Gasteiger partial charge >= 0.3 is 0 Å². The van der Waals surface area contributed by atoms with Crippen LogP contribution >= 0.6 is 31.9 Å². The Morgan fingerprint density at radius 1 is 1.30 bits per heavy atom. The van der Waals surface area contributed by atoms with E-state index in [2.05, 4.69) is 31.9 Å². The van der Waals surface area contributed by atoms with Gasteiger partial charge in [-0.05, 0) is 64.7 Å². The van der Waals surface area contributed by atoms with Crippen molar-refractivity contribution in [3.05, 3.63) is 61.4 Å². The molecule has 116 valence electrons. The molecule has 23 heavy (non-hydrogen) atoms. The van der Waals surface area contributed by atoms with Crippen LogP contribution in [0.15, 0.2) is 48.7 Å². The highest BCUT2D eigenvalue weighted by Gasteiger charge is 2.20. The molecule has 6 heteroatoms. The van der Waals surface area contributed by atoms with E-state index in [4.69, 9.17) is 9.40 Å². The van der Waals surface area contributed by atoms with E-state index in [1.165, 1.54) is 0 Å². The predicted octanol–water partition coefficient (Wildman–Crippen LogP) is 4.85. The molecule has 2 aromatic heterocycles. The Kier molecular flexibility index (Phi) is 3.73. The topological polar surface area (TPSA) is 48.0 Å². The molecule has 0 N–H and O–H groups in total. The first-order valence-electron chi connectivity index (χ1n) is 7.27. The van der Waals surface area contributed by atoms with Crippen LogP contribution in [0.4, 0.5) is 0 Å². The first kappa shape index (κ1) is 14.9. The van der Waals surface area contributed by atoms with Crippen molar-refractivity contribution in [3.63, 3.8) is 0 Å². The lowest BCUT2D eigenvalue weighted by atomic mass is 10.0. The van der Waals surface area contributed by atoms with Crippen molar-refractivity contribution in [3.8, 4) is 0 Å². The maximum Gasteiger partial charge on any atom is 0.261 e. The van der Waals surface area contributed by atoms with E-state index in [0.717, 1.165) is 38.9 Å². The summed E-state index contributed by atoms with van der Waals surface area (Å²) in [4.78, 5) is 17.6. The van der Waals surface area contributed by atoms with Gasteiger partial charge in [0, 0.05) is 15.5 Å². The van der Waals surface area contributed by atoms with Gasteiger partial charge in [0.15, 0.2) is 0 Å². The van der Waals surface area contributed by atoms with Crippen LogP contribution in [-0.2, 0) is 6.54 Å². The van der Waals surface area contributed by atoms with Gasteiger partial charge < -0.3 is 4.42 Å². The van der Waals surface area contributed by atoms with Crippen LogP contribution in [0.2, 0.25) is 0 Å². The maximum atomic E-state index is 12.9. The van der Waals surface area contributed by atoms with Crippen LogP contribution in [0.1, 0.15) is 24.4 Å². The van der Waals surface area contributed by atoms with E-state index in [9.17, 15) is 4.79 Å². The number of rotatable bonds is 1. The van der Waals surface area contributed by atoms with Gasteiger partial charge in [0.2, 0.25) is 0 Å². The summed E-state index contributed by atoms with van der Waals surface area (Å²) in [5, 5.41) is 0.620. The van der Waals surface area contributed by atoms with Crippen molar-refractivity contribution in [1.82, 2.24) is 9.55 Å². The SMILES string of the molecule is O=c1c2cc(Br)cc(Br)c2nc2n1CCC/C2=C\c1ccco1.